The van der Waals surface area contributed by atoms with Gasteiger partial charge in [-0.15, -0.1) is 11.8 Å². The molecule has 2 rings (SSSR count). The molecule has 0 spiro atoms. The Morgan fingerprint density at radius 1 is 1.50 bits per heavy atom. The average Bonchev–Trinajstić information content (AvgIpc) is 2.17. The predicted octanol–water partition coefficient (Wildman–Crippen LogP) is 2.25. The molecule has 16 heavy (non-hydrogen) atoms. The van der Waals surface area contributed by atoms with Crippen molar-refractivity contribution in [3.63, 3.8) is 0 Å². The molecule has 1 saturated heterocycles. The summed E-state index contributed by atoms with van der Waals surface area (Å²) in [4.78, 5) is 14.4. The summed E-state index contributed by atoms with van der Waals surface area (Å²) in [5, 5.41) is 0.646. The van der Waals surface area contributed by atoms with Crippen LogP contribution in [-0.2, 0) is 4.79 Å². The molecule has 0 radical (unpaired) electrons. The zero-order valence-corrected chi connectivity index (χ0v) is 10.4. The van der Waals surface area contributed by atoms with Crippen LogP contribution in [0, 0.1) is 0 Å². The SMILES string of the molecule is Nc1ccc(Cl)cc1SCC(=O)N1CCC1. The van der Waals surface area contributed by atoms with Gasteiger partial charge in [-0.25, -0.2) is 0 Å². The average molecular weight is 257 g/mol. The first-order valence-corrected chi connectivity index (χ1v) is 6.49. The van der Waals surface area contributed by atoms with Gasteiger partial charge in [-0.2, -0.15) is 0 Å². The normalized spacial score (nSPS) is 14.7. The van der Waals surface area contributed by atoms with Crippen LogP contribution >= 0.6 is 23.4 Å². The van der Waals surface area contributed by atoms with E-state index in [0.29, 0.717) is 16.5 Å². The zero-order valence-electron chi connectivity index (χ0n) is 8.78. The first kappa shape index (κ1) is 11.6. The van der Waals surface area contributed by atoms with E-state index >= 15 is 0 Å². The number of benzene rings is 1. The summed E-state index contributed by atoms with van der Waals surface area (Å²) >= 11 is 7.32. The minimum absolute atomic E-state index is 0.177. The summed E-state index contributed by atoms with van der Waals surface area (Å²) in [6.07, 6.45) is 1.12. The molecule has 1 aromatic rings. The maximum absolute atomic E-state index is 11.6. The van der Waals surface area contributed by atoms with Crippen LogP contribution in [-0.4, -0.2) is 29.6 Å². The lowest BCUT2D eigenvalue weighted by Gasteiger charge is -2.30. The van der Waals surface area contributed by atoms with Crippen LogP contribution < -0.4 is 5.73 Å². The van der Waals surface area contributed by atoms with Gasteiger partial charge in [-0.3, -0.25) is 4.79 Å². The second-order valence-electron chi connectivity index (χ2n) is 3.71. The zero-order chi connectivity index (χ0) is 11.5. The highest BCUT2D eigenvalue weighted by Gasteiger charge is 2.20. The van der Waals surface area contributed by atoms with Crippen LogP contribution in [0.25, 0.3) is 0 Å². The van der Waals surface area contributed by atoms with Crippen molar-refractivity contribution in [2.24, 2.45) is 0 Å². The van der Waals surface area contributed by atoms with E-state index in [1.165, 1.54) is 11.8 Å². The van der Waals surface area contributed by atoms with Gasteiger partial charge in [0.1, 0.15) is 0 Å². The number of nitrogens with zero attached hydrogens (tertiary/aromatic N) is 1. The Morgan fingerprint density at radius 3 is 2.88 bits per heavy atom. The van der Waals surface area contributed by atoms with Crippen molar-refractivity contribution in [1.29, 1.82) is 0 Å². The Bertz CT molecular complexity index is 407. The van der Waals surface area contributed by atoms with Crippen LogP contribution in [0.1, 0.15) is 6.42 Å². The standard InChI is InChI=1S/C11H13ClN2OS/c12-8-2-3-9(13)10(6-8)16-7-11(15)14-4-1-5-14/h2-3,6H,1,4-5,7,13H2. The number of hydrogen-bond donors (Lipinski definition) is 1. The fraction of sp³-hybridized carbons (Fsp3) is 0.364. The quantitative estimate of drug-likeness (QED) is 0.667. The Balaban J connectivity index is 1.93. The maximum atomic E-state index is 11.6. The Labute approximate surface area is 104 Å². The molecule has 5 heteroatoms. The number of nitrogen functional groups attached to an aromatic ring is 1. The third-order valence-electron chi connectivity index (χ3n) is 2.54. The second kappa shape index (κ2) is 4.97. The molecule has 2 N–H and O–H groups in total. The molecular formula is C11H13ClN2OS. The number of halogens is 1. The number of thioether (sulfide) groups is 1. The molecule has 3 nitrogen and oxygen atoms in total. The van der Waals surface area contributed by atoms with E-state index in [0.717, 1.165) is 24.4 Å². The molecule has 0 saturated carbocycles. The fourth-order valence-corrected chi connectivity index (χ4v) is 2.57. The second-order valence-corrected chi connectivity index (χ2v) is 5.16. The first-order chi connectivity index (χ1) is 7.66. The number of anilines is 1. The van der Waals surface area contributed by atoms with Crippen LogP contribution in [0.2, 0.25) is 5.02 Å². The Hall–Kier alpha value is -0.870. The van der Waals surface area contributed by atoms with E-state index < -0.39 is 0 Å². The van der Waals surface area contributed by atoms with Gasteiger partial charge in [0.25, 0.3) is 0 Å². The molecule has 1 heterocycles. The highest BCUT2D eigenvalue weighted by Crippen LogP contribution is 2.28. The highest BCUT2D eigenvalue weighted by atomic mass is 35.5. The molecule has 1 aromatic carbocycles. The molecule has 1 fully saturated rings. The summed E-state index contributed by atoms with van der Waals surface area (Å²) in [6.45, 7) is 1.79. The third kappa shape index (κ3) is 2.62. The number of carbonyl (C=O) groups excluding carboxylic acids is 1. The lowest BCUT2D eigenvalue weighted by molar-refractivity contribution is -0.131. The molecule has 0 aromatic heterocycles. The number of nitrogens with two attached hydrogens (primary N) is 1. The van der Waals surface area contributed by atoms with Crippen LogP contribution in [0.15, 0.2) is 23.1 Å². The van der Waals surface area contributed by atoms with Crippen molar-refractivity contribution in [3.8, 4) is 0 Å². The largest absolute Gasteiger partial charge is 0.398 e. The summed E-state index contributed by atoms with van der Waals surface area (Å²) in [6, 6.07) is 5.31. The molecule has 86 valence electrons. The van der Waals surface area contributed by atoms with Crippen molar-refractivity contribution in [2.45, 2.75) is 11.3 Å². The summed E-state index contributed by atoms with van der Waals surface area (Å²) in [7, 11) is 0. The van der Waals surface area contributed by atoms with Crippen LogP contribution in [0.4, 0.5) is 5.69 Å². The minimum atomic E-state index is 0.177. The van der Waals surface area contributed by atoms with Gasteiger partial charge < -0.3 is 10.6 Å². The third-order valence-corrected chi connectivity index (χ3v) is 3.83. The van der Waals surface area contributed by atoms with Crippen LogP contribution in [0.3, 0.4) is 0 Å². The number of amides is 1. The molecule has 0 aliphatic carbocycles. The Kier molecular flexibility index (Phi) is 3.61. The van der Waals surface area contributed by atoms with Crippen molar-refractivity contribution < 1.29 is 4.79 Å². The van der Waals surface area contributed by atoms with Crippen molar-refractivity contribution in [3.05, 3.63) is 23.2 Å². The number of hydrogen-bond acceptors (Lipinski definition) is 3. The lowest BCUT2D eigenvalue weighted by atomic mass is 10.2. The lowest BCUT2D eigenvalue weighted by Crippen LogP contribution is -2.43. The van der Waals surface area contributed by atoms with E-state index in [9.17, 15) is 4.79 Å². The molecule has 1 amide bonds. The molecule has 1 aliphatic heterocycles. The number of likely N-dealkylation sites (tertiary alicyclic amines) is 1. The highest BCUT2D eigenvalue weighted by molar-refractivity contribution is 8.00. The van der Waals surface area contributed by atoms with E-state index in [1.54, 1.807) is 18.2 Å². The summed E-state index contributed by atoms with van der Waals surface area (Å²) in [5.41, 5.74) is 6.47. The molecule has 0 atom stereocenters. The van der Waals surface area contributed by atoms with Gasteiger partial charge in [0.05, 0.1) is 5.75 Å². The predicted molar refractivity (Wildman–Crippen MR) is 67.8 cm³/mol. The van der Waals surface area contributed by atoms with E-state index in [1.807, 2.05) is 4.90 Å². The van der Waals surface area contributed by atoms with Crippen molar-refractivity contribution in [2.75, 3.05) is 24.6 Å². The fourth-order valence-electron chi connectivity index (χ4n) is 1.43. The van der Waals surface area contributed by atoms with Gasteiger partial charge in [-0.05, 0) is 24.6 Å². The van der Waals surface area contributed by atoms with Gasteiger partial charge in [-0.1, -0.05) is 11.6 Å². The monoisotopic (exact) mass is 256 g/mol. The molecular weight excluding hydrogens is 244 g/mol. The van der Waals surface area contributed by atoms with Gasteiger partial charge in [0.15, 0.2) is 0 Å². The first-order valence-electron chi connectivity index (χ1n) is 5.12. The molecule has 0 unspecified atom stereocenters. The minimum Gasteiger partial charge on any atom is -0.398 e. The van der Waals surface area contributed by atoms with E-state index in [2.05, 4.69) is 0 Å². The topological polar surface area (TPSA) is 46.3 Å². The van der Waals surface area contributed by atoms with E-state index in [4.69, 9.17) is 17.3 Å². The maximum Gasteiger partial charge on any atom is 0.232 e. The van der Waals surface area contributed by atoms with Gasteiger partial charge in [0, 0.05) is 28.7 Å². The summed E-state index contributed by atoms with van der Waals surface area (Å²) < 4.78 is 0. The summed E-state index contributed by atoms with van der Waals surface area (Å²) in [5.74, 6) is 0.612. The Morgan fingerprint density at radius 2 is 2.25 bits per heavy atom. The van der Waals surface area contributed by atoms with Crippen molar-refractivity contribution in [1.82, 2.24) is 4.90 Å². The molecule has 0 bridgehead atoms. The smallest absolute Gasteiger partial charge is 0.232 e. The van der Waals surface area contributed by atoms with Crippen molar-refractivity contribution >= 4 is 35.0 Å². The molecule has 1 aliphatic rings. The van der Waals surface area contributed by atoms with Gasteiger partial charge >= 0.3 is 0 Å². The van der Waals surface area contributed by atoms with Crippen LogP contribution in [0.5, 0.6) is 0 Å². The van der Waals surface area contributed by atoms with E-state index in [-0.39, 0.29) is 5.91 Å². The van der Waals surface area contributed by atoms with Gasteiger partial charge in [0.2, 0.25) is 5.91 Å². The number of carbonyl (C=O) groups is 1. The number of rotatable bonds is 3.